The zero-order valence-electron chi connectivity index (χ0n) is 13.3. The van der Waals surface area contributed by atoms with E-state index in [2.05, 4.69) is 5.10 Å². The zero-order chi connectivity index (χ0) is 18.2. The van der Waals surface area contributed by atoms with E-state index in [0.29, 0.717) is 38.8 Å². The van der Waals surface area contributed by atoms with Gasteiger partial charge in [-0.15, -0.1) is 0 Å². The number of carboxylic acid groups (broad SMARTS) is 1. The number of ether oxygens (including phenoxy) is 1. The first-order chi connectivity index (χ1) is 11.8. The van der Waals surface area contributed by atoms with Crippen molar-refractivity contribution in [1.82, 2.24) is 14.7 Å². The summed E-state index contributed by atoms with van der Waals surface area (Å²) in [5.74, 6) is -1.33. The van der Waals surface area contributed by atoms with Crippen molar-refractivity contribution in [2.75, 3.05) is 13.1 Å². The Morgan fingerprint density at radius 2 is 1.80 bits per heavy atom. The van der Waals surface area contributed by atoms with Crippen LogP contribution >= 0.6 is 0 Å². The first kappa shape index (κ1) is 17.7. The van der Waals surface area contributed by atoms with Gasteiger partial charge in [0.15, 0.2) is 11.8 Å². The molecule has 0 spiro atoms. The van der Waals surface area contributed by atoms with Crippen LogP contribution < -0.4 is 0 Å². The molecular weight excluding hydrogens is 343 g/mol. The molecule has 138 valence electrons. The first-order valence-electron chi connectivity index (χ1n) is 8.05. The van der Waals surface area contributed by atoms with Crippen molar-refractivity contribution in [3.8, 4) is 0 Å². The minimum atomic E-state index is -4.47. The molecule has 0 aliphatic carbocycles. The number of carbonyl (C=O) groups is 2. The van der Waals surface area contributed by atoms with Crippen LogP contribution in [0.3, 0.4) is 0 Å². The van der Waals surface area contributed by atoms with Gasteiger partial charge in [0.2, 0.25) is 0 Å². The Bertz CT molecular complexity index is 653. The number of aliphatic carboxylic acids is 1. The number of amides is 1. The number of hydrogen-bond acceptors (Lipinski definition) is 4. The maximum Gasteiger partial charge on any atom is 0.435 e. The molecule has 1 aromatic rings. The number of carbonyl (C=O) groups excluding carboxylic acids is 1. The number of carboxylic acids is 1. The van der Waals surface area contributed by atoms with Crippen LogP contribution in [0.2, 0.25) is 0 Å². The zero-order valence-corrected chi connectivity index (χ0v) is 13.3. The molecule has 0 aromatic carbocycles. The SMILES string of the molecule is O=C(O)[C@H]1CC[C@@H](C(=O)N2CCC(n3ccc(C(F)(F)F)n3)CC2)O1. The molecule has 25 heavy (non-hydrogen) atoms. The van der Waals surface area contributed by atoms with Crippen LogP contribution in [0.25, 0.3) is 0 Å². The fraction of sp³-hybridized carbons (Fsp3) is 0.667. The number of aromatic nitrogens is 2. The predicted octanol–water partition coefficient (Wildman–Crippen LogP) is 1.70. The molecule has 0 unspecified atom stereocenters. The molecule has 2 aliphatic rings. The Hall–Kier alpha value is -2.10. The quantitative estimate of drug-likeness (QED) is 0.886. The monoisotopic (exact) mass is 361 g/mol. The number of halogens is 3. The number of likely N-dealkylation sites (tertiary alicyclic amines) is 1. The van der Waals surface area contributed by atoms with Crippen LogP contribution in [0, 0.1) is 0 Å². The van der Waals surface area contributed by atoms with Crippen LogP contribution in [0.15, 0.2) is 12.3 Å². The molecule has 2 fully saturated rings. The summed E-state index contributed by atoms with van der Waals surface area (Å²) in [5.41, 5.74) is -0.926. The molecule has 7 nitrogen and oxygen atoms in total. The maximum atomic E-state index is 12.6. The van der Waals surface area contributed by atoms with E-state index in [4.69, 9.17) is 9.84 Å². The summed E-state index contributed by atoms with van der Waals surface area (Å²) in [7, 11) is 0. The number of piperidine rings is 1. The van der Waals surface area contributed by atoms with Gasteiger partial charge in [-0.1, -0.05) is 0 Å². The van der Waals surface area contributed by atoms with Crippen molar-refractivity contribution < 1.29 is 32.6 Å². The van der Waals surface area contributed by atoms with E-state index >= 15 is 0 Å². The van der Waals surface area contributed by atoms with Gasteiger partial charge in [0.05, 0.1) is 6.04 Å². The Labute approximate surface area is 141 Å². The fourth-order valence-corrected chi connectivity index (χ4v) is 3.25. The third kappa shape index (κ3) is 3.78. The van der Waals surface area contributed by atoms with E-state index in [9.17, 15) is 22.8 Å². The smallest absolute Gasteiger partial charge is 0.435 e. The molecule has 0 bridgehead atoms. The number of rotatable bonds is 3. The van der Waals surface area contributed by atoms with E-state index in [1.165, 1.54) is 10.9 Å². The lowest BCUT2D eigenvalue weighted by Crippen LogP contribution is -2.44. The highest BCUT2D eigenvalue weighted by molar-refractivity contribution is 5.82. The highest BCUT2D eigenvalue weighted by Gasteiger charge is 2.38. The van der Waals surface area contributed by atoms with E-state index in [1.807, 2.05) is 0 Å². The molecule has 0 saturated carbocycles. The van der Waals surface area contributed by atoms with Crippen molar-refractivity contribution in [2.24, 2.45) is 0 Å². The van der Waals surface area contributed by atoms with Crippen molar-refractivity contribution in [1.29, 1.82) is 0 Å². The molecule has 2 aliphatic heterocycles. The van der Waals surface area contributed by atoms with Gasteiger partial charge in [-0.3, -0.25) is 9.48 Å². The topological polar surface area (TPSA) is 84.7 Å². The molecule has 1 amide bonds. The van der Waals surface area contributed by atoms with E-state index < -0.39 is 30.0 Å². The largest absolute Gasteiger partial charge is 0.479 e. The summed E-state index contributed by atoms with van der Waals surface area (Å²) in [5, 5.41) is 12.5. The lowest BCUT2D eigenvalue weighted by atomic mass is 10.0. The van der Waals surface area contributed by atoms with E-state index in [1.54, 1.807) is 4.90 Å². The van der Waals surface area contributed by atoms with Crippen molar-refractivity contribution in [2.45, 2.75) is 50.1 Å². The summed E-state index contributed by atoms with van der Waals surface area (Å²) < 4.78 is 44.4. The van der Waals surface area contributed by atoms with Crippen molar-refractivity contribution >= 4 is 11.9 Å². The van der Waals surface area contributed by atoms with E-state index in [0.717, 1.165) is 6.07 Å². The molecule has 2 saturated heterocycles. The van der Waals surface area contributed by atoms with Gasteiger partial charge in [0, 0.05) is 19.3 Å². The summed E-state index contributed by atoms with van der Waals surface area (Å²) >= 11 is 0. The Kier molecular flexibility index (Phi) is 4.72. The fourth-order valence-electron chi connectivity index (χ4n) is 3.25. The van der Waals surface area contributed by atoms with Gasteiger partial charge in [-0.05, 0) is 31.7 Å². The summed E-state index contributed by atoms with van der Waals surface area (Å²) in [6.07, 6.45) is -3.22. The lowest BCUT2D eigenvalue weighted by Gasteiger charge is -2.33. The highest BCUT2D eigenvalue weighted by Crippen LogP contribution is 2.30. The minimum absolute atomic E-state index is 0.198. The van der Waals surface area contributed by atoms with Crippen LogP contribution in [-0.4, -0.2) is 57.0 Å². The Morgan fingerprint density at radius 3 is 2.32 bits per heavy atom. The van der Waals surface area contributed by atoms with Gasteiger partial charge in [0.25, 0.3) is 5.91 Å². The molecule has 1 N–H and O–H groups in total. The van der Waals surface area contributed by atoms with Gasteiger partial charge in [-0.25, -0.2) is 4.79 Å². The standard InChI is InChI=1S/C15H18F3N3O4/c16-15(17,18)12-5-8-21(19-12)9-3-6-20(7-4-9)13(22)10-1-2-11(25-10)14(23)24/h5,8-11H,1-4,6-7H2,(H,23,24)/t10-,11+/m0/s1. The molecule has 2 atom stereocenters. The highest BCUT2D eigenvalue weighted by atomic mass is 19.4. The molecule has 3 heterocycles. The van der Waals surface area contributed by atoms with Crippen LogP contribution in [-0.2, 0) is 20.5 Å². The number of hydrogen-bond donors (Lipinski definition) is 1. The van der Waals surface area contributed by atoms with Gasteiger partial charge < -0.3 is 14.7 Å². The summed E-state index contributed by atoms with van der Waals surface area (Å²) in [6, 6.07) is 0.743. The molecule has 1 aromatic heterocycles. The second-order valence-corrected chi connectivity index (χ2v) is 6.26. The normalized spacial score (nSPS) is 25.3. The molecule has 3 rings (SSSR count). The predicted molar refractivity (Wildman–Crippen MR) is 77.6 cm³/mol. The van der Waals surface area contributed by atoms with Crippen molar-refractivity contribution in [3.05, 3.63) is 18.0 Å². The average molecular weight is 361 g/mol. The summed E-state index contributed by atoms with van der Waals surface area (Å²) in [4.78, 5) is 24.8. The molecule has 0 radical (unpaired) electrons. The van der Waals surface area contributed by atoms with E-state index in [-0.39, 0.29) is 11.9 Å². The number of alkyl halides is 3. The average Bonchev–Trinajstić information content (AvgIpc) is 3.23. The van der Waals surface area contributed by atoms with Gasteiger partial charge in [-0.2, -0.15) is 18.3 Å². The Morgan fingerprint density at radius 1 is 1.16 bits per heavy atom. The van der Waals surface area contributed by atoms with Crippen LogP contribution in [0.5, 0.6) is 0 Å². The minimum Gasteiger partial charge on any atom is -0.479 e. The maximum absolute atomic E-state index is 12.6. The Balaban J connectivity index is 1.54. The second kappa shape index (κ2) is 6.66. The lowest BCUT2D eigenvalue weighted by molar-refractivity contribution is -0.155. The van der Waals surface area contributed by atoms with Crippen molar-refractivity contribution in [3.63, 3.8) is 0 Å². The number of nitrogens with zero attached hydrogens (tertiary/aromatic N) is 3. The molecule has 10 heteroatoms. The van der Waals surface area contributed by atoms with Crippen LogP contribution in [0.4, 0.5) is 13.2 Å². The third-order valence-electron chi connectivity index (χ3n) is 4.62. The molecular formula is C15H18F3N3O4. The van der Waals surface area contributed by atoms with Gasteiger partial charge in [0.1, 0.15) is 6.10 Å². The van der Waals surface area contributed by atoms with Gasteiger partial charge >= 0.3 is 12.1 Å². The third-order valence-corrected chi connectivity index (χ3v) is 4.62. The summed E-state index contributed by atoms with van der Waals surface area (Å²) in [6.45, 7) is 0.755. The second-order valence-electron chi connectivity index (χ2n) is 6.26. The van der Waals surface area contributed by atoms with Crippen LogP contribution in [0.1, 0.15) is 37.4 Å². The first-order valence-corrected chi connectivity index (χ1v) is 8.05.